The Labute approximate surface area is 209 Å². The van der Waals surface area contributed by atoms with Crippen LogP contribution >= 0.6 is 0 Å². The highest BCUT2D eigenvalue weighted by molar-refractivity contribution is 6.25. The molecule has 178 valence electrons. The van der Waals surface area contributed by atoms with Gasteiger partial charge in [-0.1, -0.05) is 78.9 Å². The molecule has 5 rings (SSSR count). The predicted molar refractivity (Wildman–Crippen MR) is 141 cm³/mol. The van der Waals surface area contributed by atoms with Crippen LogP contribution in [0.1, 0.15) is 18.1 Å². The number of esters is 1. The monoisotopic (exact) mass is 475 g/mol. The first-order valence-corrected chi connectivity index (χ1v) is 11.7. The van der Waals surface area contributed by atoms with E-state index >= 15 is 0 Å². The van der Waals surface area contributed by atoms with Crippen molar-refractivity contribution in [3.05, 3.63) is 125 Å². The Morgan fingerprint density at radius 3 is 2.42 bits per heavy atom. The fourth-order valence-corrected chi connectivity index (χ4v) is 4.48. The third kappa shape index (κ3) is 4.39. The highest BCUT2D eigenvalue weighted by Gasteiger charge is 2.38. The topological polar surface area (TPSA) is 55.8 Å². The van der Waals surface area contributed by atoms with Crippen molar-refractivity contribution in [1.29, 1.82) is 0 Å². The smallest absolute Gasteiger partial charge is 0.340 e. The van der Waals surface area contributed by atoms with E-state index in [2.05, 4.69) is 0 Å². The molecule has 0 fully saturated rings. The van der Waals surface area contributed by atoms with Crippen LogP contribution in [0.5, 0.6) is 5.75 Å². The lowest BCUT2D eigenvalue weighted by Crippen LogP contribution is -2.24. The van der Waals surface area contributed by atoms with Gasteiger partial charge in [-0.2, -0.15) is 0 Å². The summed E-state index contributed by atoms with van der Waals surface area (Å²) >= 11 is 0. The minimum absolute atomic E-state index is 0.256. The summed E-state index contributed by atoms with van der Waals surface area (Å²) < 4.78 is 11.0. The molecule has 0 spiro atoms. The molecule has 0 atom stereocenters. The molecule has 0 bridgehead atoms. The molecular weight excluding hydrogens is 450 g/mol. The number of anilines is 1. The number of hydrogen-bond donors (Lipinski definition) is 0. The fraction of sp³-hybridized carbons (Fsp3) is 0.0968. The zero-order valence-electron chi connectivity index (χ0n) is 20.1. The summed E-state index contributed by atoms with van der Waals surface area (Å²) in [6.45, 7) is 2.20. The van der Waals surface area contributed by atoms with E-state index in [0.717, 1.165) is 27.6 Å². The molecule has 5 nitrogen and oxygen atoms in total. The van der Waals surface area contributed by atoms with Crippen molar-refractivity contribution >= 4 is 34.4 Å². The van der Waals surface area contributed by atoms with Gasteiger partial charge in [-0.25, -0.2) is 4.79 Å². The molecule has 0 aromatic heterocycles. The number of carbonyl (C=O) groups is 2. The SMILES string of the molecule is COC(=O)C1=C(C)N(c2cccc3ccccc23)C(=O)/C1=C\c1cccc(OCc2ccccc2)c1. The standard InChI is InChI=1S/C31H25NO4/c1-21-29(31(34)35-2)27(30(33)32(21)28-17-9-14-24-13-6-7-16-26(24)28)19-23-12-8-15-25(18-23)36-20-22-10-4-3-5-11-22/h3-19H,20H2,1-2H3/b27-19-. The number of rotatable bonds is 6. The lowest BCUT2D eigenvalue weighted by atomic mass is 10.0. The first-order chi connectivity index (χ1) is 17.6. The Hall–Kier alpha value is -4.64. The van der Waals surface area contributed by atoms with Crippen LogP contribution in [0.15, 0.2) is 114 Å². The molecular formula is C31H25NO4. The van der Waals surface area contributed by atoms with E-state index in [1.54, 1.807) is 17.9 Å². The van der Waals surface area contributed by atoms with E-state index in [9.17, 15) is 9.59 Å². The van der Waals surface area contributed by atoms with Gasteiger partial charge in [-0.05, 0) is 47.7 Å². The van der Waals surface area contributed by atoms with Crippen molar-refractivity contribution in [3.63, 3.8) is 0 Å². The average molecular weight is 476 g/mol. The van der Waals surface area contributed by atoms with Crippen molar-refractivity contribution in [3.8, 4) is 5.75 Å². The molecule has 1 aliphatic rings. The molecule has 0 saturated carbocycles. The Balaban J connectivity index is 1.52. The van der Waals surface area contributed by atoms with E-state index < -0.39 is 5.97 Å². The number of hydrogen-bond acceptors (Lipinski definition) is 4. The molecule has 0 radical (unpaired) electrons. The van der Waals surface area contributed by atoms with Crippen molar-refractivity contribution in [2.75, 3.05) is 12.0 Å². The van der Waals surface area contributed by atoms with Gasteiger partial charge in [-0.3, -0.25) is 9.69 Å². The second-order valence-corrected chi connectivity index (χ2v) is 8.50. The minimum Gasteiger partial charge on any atom is -0.489 e. The van der Waals surface area contributed by atoms with Crippen molar-refractivity contribution in [1.82, 2.24) is 0 Å². The number of methoxy groups -OCH3 is 1. The maximum atomic E-state index is 13.8. The zero-order chi connectivity index (χ0) is 25.1. The van der Waals surface area contributed by atoms with E-state index in [1.165, 1.54) is 7.11 Å². The number of ether oxygens (including phenoxy) is 2. The highest BCUT2D eigenvalue weighted by atomic mass is 16.5. The quantitative estimate of drug-likeness (QED) is 0.243. The third-order valence-electron chi connectivity index (χ3n) is 6.21. The van der Waals surface area contributed by atoms with Crippen LogP contribution in [0, 0.1) is 0 Å². The Morgan fingerprint density at radius 1 is 0.889 bits per heavy atom. The van der Waals surface area contributed by atoms with Gasteiger partial charge in [0, 0.05) is 11.1 Å². The fourth-order valence-electron chi connectivity index (χ4n) is 4.48. The second kappa shape index (κ2) is 9.92. The molecule has 1 aliphatic heterocycles. The summed E-state index contributed by atoms with van der Waals surface area (Å²) in [5.41, 5.74) is 3.60. The number of amides is 1. The molecule has 0 unspecified atom stereocenters. The van der Waals surface area contributed by atoms with Gasteiger partial charge in [0.25, 0.3) is 5.91 Å². The number of allylic oxidation sites excluding steroid dienone is 1. The molecule has 4 aromatic carbocycles. The van der Waals surface area contributed by atoms with Gasteiger partial charge in [0.05, 0.1) is 23.9 Å². The minimum atomic E-state index is -0.550. The molecule has 0 aliphatic carbocycles. The van der Waals surface area contributed by atoms with E-state index in [4.69, 9.17) is 9.47 Å². The van der Waals surface area contributed by atoms with Gasteiger partial charge < -0.3 is 9.47 Å². The lowest BCUT2D eigenvalue weighted by molar-refractivity contribution is -0.136. The summed E-state index contributed by atoms with van der Waals surface area (Å²) in [7, 11) is 1.32. The highest BCUT2D eigenvalue weighted by Crippen LogP contribution is 2.38. The van der Waals surface area contributed by atoms with Crippen LogP contribution in [0.4, 0.5) is 5.69 Å². The van der Waals surface area contributed by atoms with Crippen LogP contribution in [-0.4, -0.2) is 19.0 Å². The first-order valence-electron chi connectivity index (χ1n) is 11.7. The number of fused-ring (bicyclic) bond motifs is 1. The van der Waals surface area contributed by atoms with Crippen LogP contribution in [0.2, 0.25) is 0 Å². The van der Waals surface area contributed by atoms with E-state index in [-0.39, 0.29) is 17.1 Å². The maximum Gasteiger partial charge on any atom is 0.340 e. The zero-order valence-corrected chi connectivity index (χ0v) is 20.1. The largest absolute Gasteiger partial charge is 0.489 e. The first kappa shape index (κ1) is 23.1. The van der Waals surface area contributed by atoms with Gasteiger partial charge >= 0.3 is 5.97 Å². The summed E-state index contributed by atoms with van der Waals surface area (Å²) in [5.74, 6) is -0.156. The van der Waals surface area contributed by atoms with Crippen LogP contribution in [0.25, 0.3) is 16.8 Å². The average Bonchev–Trinajstić information content (AvgIpc) is 3.16. The Bertz CT molecular complexity index is 1510. The maximum absolute atomic E-state index is 13.8. The molecule has 0 saturated heterocycles. The Morgan fingerprint density at radius 2 is 1.61 bits per heavy atom. The molecule has 1 amide bonds. The van der Waals surface area contributed by atoms with E-state index in [1.807, 2.05) is 97.1 Å². The van der Waals surface area contributed by atoms with Crippen molar-refractivity contribution < 1.29 is 19.1 Å². The van der Waals surface area contributed by atoms with Crippen molar-refractivity contribution in [2.45, 2.75) is 13.5 Å². The lowest BCUT2D eigenvalue weighted by Gasteiger charge is -2.20. The van der Waals surface area contributed by atoms with Gasteiger partial charge in [-0.15, -0.1) is 0 Å². The Kier molecular flexibility index (Phi) is 6.37. The third-order valence-corrected chi connectivity index (χ3v) is 6.21. The predicted octanol–water partition coefficient (Wildman–Crippen LogP) is 6.30. The van der Waals surface area contributed by atoms with Gasteiger partial charge in [0.15, 0.2) is 0 Å². The summed E-state index contributed by atoms with van der Waals surface area (Å²) in [4.78, 5) is 28.2. The summed E-state index contributed by atoms with van der Waals surface area (Å²) in [5, 5.41) is 1.94. The van der Waals surface area contributed by atoms with Gasteiger partial charge in [0.2, 0.25) is 0 Å². The molecule has 4 aromatic rings. The summed E-state index contributed by atoms with van der Waals surface area (Å²) in [6, 6.07) is 31.0. The van der Waals surface area contributed by atoms with Crippen LogP contribution in [0.3, 0.4) is 0 Å². The van der Waals surface area contributed by atoms with Crippen LogP contribution < -0.4 is 9.64 Å². The number of benzene rings is 4. The summed E-state index contributed by atoms with van der Waals surface area (Å²) in [6.07, 6.45) is 1.72. The van der Waals surface area contributed by atoms with Gasteiger partial charge in [0.1, 0.15) is 12.4 Å². The number of nitrogens with zero attached hydrogens (tertiary/aromatic N) is 1. The molecule has 5 heteroatoms. The molecule has 36 heavy (non-hydrogen) atoms. The normalized spacial score (nSPS) is 14.6. The second-order valence-electron chi connectivity index (χ2n) is 8.50. The van der Waals surface area contributed by atoms with Crippen LogP contribution in [-0.2, 0) is 20.9 Å². The molecule has 0 N–H and O–H groups in total. The van der Waals surface area contributed by atoms with E-state index in [0.29, 0.717) is 18.1 Å². The molecule has 1 heterocycles. The van der Waals surface area contributed by atoms with Crippen molar-refractivity contribution in [2.24, 2.45) is 0 Å². The number of carbonyl (C=O) groups excluding carboxylic acids is 2.